The number of hydrogen-bond acceptors (Lipinski definition) is 4. The molecule has 2 heterocycles. The van der Waals surface area contributed by atoms with Crippen LogP contribution < -0.4 is 10.6 Å². The summed E-state index contributed by atoms with van der Waals surface area (Å²) >= 11 is 0. The number of aromatic nitrogens is 2. The van der Waals surface area contributed by atoms with Crippen molar-refractivity contribution < 1.29 is 4.79 Å². The van der Waals surface area contributed by atoms with Gasteiger partial charge in [0.1, 0.15) is 5.82 Å². The average Bonchev–Trinajstić information content (AvgIpc) is 3.02. The van der Waals surface area contributed by atoms with E-state index in [2.05, 4.69) is 34.4 Å². The number of aromatic amines is 1. The van der Waals surface area contributed by atoms with E-state index in [1.807, 2.05) is 42.5 Å². The van der Waals surface area contributed by atoms with Crippen molar-refractivity contribution in [1.29, 1.82) is 0 Å². The third-order valence-corrected chi connectivity index (χ3v) is 4.72. The fraction of sp³-hybridized carbons (Fsp3) is 0.273. The molecular formula is C22H24N4O. The van der Waals surface area contributed by atoms with Crippen LogP contribution in [0, 0.1) is 0 Å². The van der Waals surface area contributed by atoms with Gasteiger partial charge < -0.3 is 15.6 Å². The van der Waals surface area contributed by atoms with Gasteiger partial charge in [0.15, 0.2) is 5.78 Å². The van der Waals surface area contributed by atoms with E-state index in [1.54, 1.807) is 6.20 Å². The molecule has 0 amide bonds. The number of hydrogen-bond donors (Lipinski definition) is 3. The predicted octanol–water partition coefficient (Wildman–Crippen LogP) is 5.16. The van der Waals surface area contributed by atoms with Gasteiger partial charge in [-0.15, -0.1) is 0 Å². The van der Waals surface area contributed by atoms with Crippen molar-refractivity contribution in [1.82, 2.24) is 9.97 Å². The molecule has 2 aromatic heterocycles. The SMILES string of the molecule is CC(C)Nc1cc(-c2[nH]c3c(c2Nc2ccccc2)C(=O)CCC3)ccn1. The fourth-order valence-electron chi connectivity index (χ4n) is 3.57. The van der Waals surface area contributed by atoms with E-state index in [1.165, 1.54) is 0 Å². The first-order valence-corrected chi connectivity index (χ1v) is 9.45. The minimum absolute atomic E-state index is 0.201. The molecule has 27 heavy (non-hydrogen) atoms. The Morgan fingerprint density at radius 1 is 1.11 bits per heavy atom. The molecule has 0 fully saturated rings. The van der Waals surface area contributed by atoms with Gasteiger partial charge in [0.2, 0.25) is 0 Å². The Bertz CT molecular complexity index is 960. The number of aryl methyl sites for hydroxylation is 1. The van der Waals surface area contributed by atoms with Gasteiger partial charge in [-0.05, 0) is 51.0 Å². The van der Waals surface area contributed by atoms with E-state index in [0.717, 1.165) is 52.5 Å². The average molecular weight is 360 g/mol. The Labute approximate surface area is 159 Å². The molecule has 0 bridgehead atoms. The Hall–Kier alpha value is -3.08. The quantitative estimate of drug-likeness (QED) is 0.588. The number of carbonyl (C=O) groups is 1. The molecule has 3 N–H and O–H groups in total. The van der Waals surface area contributed by atoms with Crippen LogP contribution in [-0.2, 0) is 6.42 Å². The zero-order chi connectivity index (χ0) is 18.8. The van der Waals surface area contributed by atoms with Gasteiger partial charge in [0.25, 0.3) is 0 Å². The smallest absolute Gasteiger partial charge is 0.166 e. The highest BCUT2D eigenvalue weighted by atomic mass is 16.1. The predicted molar refractivity (Wildman–Crippen MR) is 110 cm³/mol. The molecule has 1 aliphatic carbocycles. The zero-order valence-electron chi connectivity index (χ0n) is 15.7. The number of Topliss-reactive ketones (excluding diaryl/α,β-unsaturated/α-hetero) is 1. The summed E-state index contributed by atoms with van der Waals surface area (Å²) in [6.45, 7) is 4.17. The first kappa shape index (κ1) is 17.3. The lowest BCUT2D eigenvalue weighted by Crippen LogP contribution is -2.11. The van der Waals surface area contributed by atoms with Crippen LogP contribution in [0.15, 0.2) is 48.7 Å². The summed E-state index contributed by atoms with van der Waals surface area (Å²) in [5.41, 5.74) is 5.60. The van der Waals surface area contributed by atoms with Crippen LogP contribution >= 0.6 is 0 Å². The molecule has 0 unspecified atom stereocenters. The van der Waals surface area contributed by atoms with E-state index in [0.29, 0.717) is 12.5 Å². The van der Waals surface area contributed by atoms with Crippen LogP contribution in [0.25, 0.3) is 11.3 Å². The Balaban J connectivity index is 1.82. The normalized spacial score (nSPS) is 13.5. The lowest BCUT2D eigenvalue weighted by atomic mass is 9.95. The monoisotopic (exact) mass is 360 g/mol. The molecule has 1 aliphatic rings. The number of nitrogens with one attached hydrogen (secondary N) is 3. The Kier molecular flexibility index (Phi) is 4.67. The van der Waals surface area contributed by atoms with Crippen LogP contribution in [0.5, 0.6) is 0 Å². The summed E-state index contributed by atoms with van der Waals surface area (Å²) in [7, 11) is 0. The van der Waals surface area contributed by atoms with Crippen LogP contribution in [0.3, 0.4) is 0 Å². The molecule has 5 nitrogen and oxygen atoms in total. The maximum Gasteiger partial charge on any atom is 0.166 e. The molecule has 0 spiro atoms. The number of fused-ring (bicyclic) bond motifs is 1. The van der Waals surface area contributed by atoms with Gasteiger partial charge in [-0.25, -0.2) is 4.98 Å². The van der Waals surface area contributed by atoms with Gasteiger partial charge >= 0.3 is 0 Å². The topological polar surface area (TPSA) is 69.8 Å². The Morgan fingerprint density at radius 2 is 1.93 bits per heavy atom. The molecule has 0 atom stereocenters. The van der Waals surface area contributed by atoms with Crippen molar-refractivity contribution in [2.24, 2.45) is 0 Å². The van der Waals surface area contributed by atoms with E-state index >= 15 is 0 Å². The van der Waals surface area contributed by atoms with Gasteiger partial charge in [0.05, 0.1) is 16.9 Å². The van der Waals surface area contributed by atoms with Crippen LogP contribution in [-0.4, -0.2) is 21.8 Å². The Morgan fingerprint density at radius 3 is 2.70 bits per heavy atom. The molecule has 0 radical (unpaired) electrons. The second-order valence-electron chi connectivity index (χ2n) is 7.23. The highest BCUT2D eigenvalue weighted by Gasteiger charge is 2.27. The maximum absolute atomic E-state index is 12.7. The number of carbonyl (C=O) groups excluding carboxylic acids is 1. The van der Waals surface area contributed by atoms with Gasteiger partial charge in [-0.1, -0.05) is 18.2 Å². The number of para-hydroxylation sites is 1. The highest BCUT2D eigenvalue weighted by molar-refractivity contribution is 6.07. The molecule has 1 aromatic carbocycles. The molecule has 5 heteroatoms. The van der Waals surface area contributed by atoms with Crippen molar-refractivity contribution in [2.45, 2.75) is 39.2 Å². The molecule has 0 saturated carbocycles. The summed E-state index contributed by atoms with van der Waals surface area (Å²) in [4.78, 5) is 20.6. The van der Waals surface area contributed by atoms with Crippen molar-refractivity contribution in [3.63, 3.8) is 0 Å². The number of nitrogens with zero attached hydrogens (tertiary/aromatic N) is 1. The maximum atomic E-state index is 12.7. The van der Waals surface area contributed by atoms with Crippen molar-refractivity contribution in [3.05, 3.63) is 59.9 Å². The van der Waals surface area contributed by atoms with Gasteiger partial charge in [-0.3, -0.25) is 4.79 Å². The summed E-state index contributed by atoms with van der Waals surface area (Å²) in [6.07, 6.45) is 4.19. The lowest BCUT2D eigenvalue weighted by Gasteiger charge is -2.14. The number of ketones is 1. The first-order valence-electron chi connectivity index (χ1n) is 9.45. The molecule has 138 valence electrons. The molecule has 0 saturated heterocycles. The van der Waals surface area contributed by atoms with Gasteiger partial charge in [0, 0.05) is 35.6 Å². The van der Waals surface area contributed by atoms with Crippen molar-refractivity contribution in [2.75, 3.05) is 10.6 Å². The number of anilines is 3. The van der Waals surface area contributed by atoms with Crippen molar-refractivity contribution in [3.8, 4) is 11.3 Å². The zero-order valence-corrected chi connectivity index (χ0v) is 15.7. The number of benzene rings is 1. The second kappa shape index (κ2) is 7.27. The fourth-order valence-corrected chi connectivity index (χ4v) is 3.57. The number of rotatable bonds is 5. The van der Waals surface area contributed by atoms with E-state index in [-0.39, 0.29) is 5.78 Å². The van der Waals surface area contributed by atoms with Crippen LogP contribution in [0.2, 0.25) is 0 Å². The lowest BCUT2D eigenvalue weighted by molar-refractivity contribution is 0.0973. The van der Waals surface area contributed by atoms with Gasteiger partial charge in [-0.2, -0.15) is 0 Å². The second-order valence-corrected chi connectivity index (χ2v) is 7.23. The van der Waals surface area contributed by atoms with E-state index < -0.39 is 0 Å². The van der Waals surface area contributed by atoms with E-state index in [4.69, 9.17) is 0 Å². The molecular weight excluding hydrogens is 336 g/mol. The number of pyridine rings is 1. The first-order chi connectivity index (χ1) is 13.1. The standard InChI is InChI=1S/C22H24N4O/c1-14(2)24-19-13-15(11-12-23-19)21-22(25-16-7-4-3-5-8-16)20-17(26-21)9-6-10-18(20)27/h3-5,7-8,11-14,25-26H,6,9-10H2,1-2H3,(H,23,24). The third kappa shape index (κ3) is 3.58. The van der Waals surface area contributed by atoms with Crippen LogP contribution in [0.4, 0.5) is 17.2 Å². The summed E-state index contributed by atoms with van der Waals surface area (Å²) < 4.78 is 0. The minimum Gasteiger partial charge on any atom is -0.368 e. The molecule has 4 rings (SSSR count). The highest BCUT2D eigenvalue weighted by Crippen LogP contribution is 2.39. The largest absolute Gasteiger partial charge is 0.368 e. The molecule has 3 aromatic rings. The minimum atomic E-state index is 0.201. The van der Waals surface area contributed by atoms with Crippen molar-refractivity contribution >= 4 is 23.0 Å². The van der Waals surface area contributed by atoms with E-state index in [9.17, 15) is 4.79 Å². The molecule has 0 aliphatic heterocycles. The summed E-state index contributed by atoms with van der Waals surface area (Å²) in [6, 6.07) is 14.3. The third-order valence-electron chi connectivity index (χ3n) is 4.72. The number of H-pyrrole nitrogens is 1. The summed E-state index contributed by atoms with van der Waals surface area (Å²) in [5, 5.41) is 6.82. The van der Waals surface area contributed by atoms with Crippen LogP contribution in [0.1, 0.15) is 42.7 Å². The summed E-state index contributed by atoms with van der Waals surface area (Å²) in [5.74, 6) is 1.03.